The first-order chi connectivity index (χ1) is 15.7. The van der Waals surface area contributed by atoms with Crippen LogP contribution in [0.4, 0.5) is 5.69 Å². The molecule has 10 heteroatoms. The van der Waals surface area contributed by atoms with Gasteiger partial charge in [-0.1, -0.05) is 5.16 Å². The summed E-state index contributed by atoms with van der Waals surface area (Å²) in [4.78, 5) is 16.6. The van der Waals surface area contributed by atoms with Gasteiger partial charge < -0.3 is 19.0 Å². The first-order valence-electron chi connectivity index (χ1n) is 9.60. The summed E-state index contributed by atoms with van der Waals surface area (Å²) in [6.07, 6.45) is 5.02. The number of aromatic nitrogens is 5. The van der Waals surface area contributed by atoms with Crippen molar-refractivity contribution in [2.45, 2.75) is 6.92 Å². The molecule has 0 fully saturated rings. The number of carbonyl (C=O) groups excluding carboxylic acids is 1. The fourth-order valence-corrected chi connectivity index (χ4v) is 2.96. The molecule has 1 amide bonds. The van der Waals surface area contributed by atoms with Gasteiger partial charge in [0.05, 0.1) is 6.26 Å². The molecule has 0 saturated heterocycles. The van der Waals surface area contributed by atoms with Gasteiger partial charge in [-0.3, -0.25) is 9.36 Å². The highest BCUT2D eigenvalue weighted by Gasteiger charge is 2.15. The summed E-state index contributed by atoms with van der Waals surface area (Å²) in [6.45, 7) is 1.88. The van der Waals surface area contributed by atoms with Gasteiger partial charge in [-0.25, -0.2) is 4.98 Å². The lowest BCUT2D eigenvalue weighted by Crippen LogP contribution is -2.11. The van der Waals surface area contributed by atoms with Crippen LogP contribution in [-0.2, 0) is 0 Å². The zero-order valence-electron chi connectivity index (χ0n) is 16.8. The lowest BCUT2D eigenvalue weighted by Gasteiger charge is -2.07. The minimum Gasteiger partial charge on any atom is -0.461 e. The third-order valence-corrected chi connectivity index (χ3v) is 4.54. The Bertz CT molecular complexity index is 1340. The van der Waals surface area contributed by atoms with E-state index in [4.69, 9.17) is 13.7 Å². The van der Waals surface area contributed by atoms with Crippen molar-refractivity contribution in [3.63, 3.8) is 0 Å². The van der Waals surface area contributed by atoms with E-state index in [1.165, 1.54) is 12.3 Å². The minimum absolute atomic E-state index is 0.139. The van der Waals surface area contributed by atoms with Crippen LogP contribution in [0.2, 0.25) is 0 Å². The van der Waals surface area contributed by atoms with E-state index in [1.54, 1.807) is 54.7 Å². The van der Waals surface area contributed by atoms with Crippen molar-refractivity contribution in [1.29, 1.82) is 0 Å². The molecular formula is C22H16N6O4. The summed E-state index contributed by atoms with van der Waals surface area (Å²) in [6, 6.07) is 15.3. The molecule has 0 aliphatic rings. The second kappa shape index (κ2) is 8.19. The molecular weight excluding hydrogens is 412 g/mol. The van der Waals surface area contributed by atoms with Crippen molar-refractivity contribution in [2.75, 3.05) is 5.32 Å². The standard InChI is InChI=1S/C22H16N6O4/c1-14-23-10-11-28(14)20-8-9-21(26-25-20)31-16-6-4-15(5-7-16)24-22(29)17-13-19(32-27-17)18-3-2-12-30-18/h2-13H,1H3,(H,24,29). The number of amides is 1. The quantitative estimate of drug-likeness (QED) is 0.426. The van der Waals surface area contributed by atoms with Crippen molar-refractivity contribution in [2.24, 2.45) is 0 Å². The molecule has 0 radical (unpaired) electrons. The Hall–Kier alpha value is -4.73. The molecule has 1 aromatic carbocycles. The molecule has 0 bridgehead atoms. The van der Waals surface area contributed by atoms with Crippen LogP contribution in [0.5, 0.6) is 11.6 Å². The average Bonchev–Trinajstić information content (AvgIpc) is 3.57. The van der Waals surface area contributed by atoms with E-state index in [2.05, 4.69) is 25.7 Å². The molecule has 0 aliphatic carbocycles. The van der Waals surface area contributed by atoms with Gasteiger partial charge in [-0.15, -0.1) is 10.2 Å². The highest BCUT2D eigenvalue weighted by atomic mass is 16.5. The van der Waals surface area contributed by atoms with E-state index < -0.39 is 5.91 Å². The SMILES string of the molecule is Cc1nccn1-c1ccc(Oc2ccc(NC(=O)c3cc(-c4ccco4)on3)cc2)nn1. The van der Waals surface area contributed by atoms with Gasteiger partial charge in [-0.2, -0.15) is 0 Å². The maximum absolute atomic E-state index is 12.4. The number of nitrogens with one attached hydrogen (secondary N) is 1. The van der Waals surface area contributed by atoms with Crippen LogP contribution in [-0.4, -0.2) is 30.8 Å². The Balaban J connectivity index is 1.22. The smallest absolute Gasteiger partial charge is 0.277 e. The van der Waals surface area contributed by atoms with E-state index in [0.717, 1.165) is 5.82 Å². The fraction of sp³-hybridized carbons (Fsp3) is 0.0455. The number of aryl methyl sites for hydroxylation is 1. The number of hydrogen-bond donors (Lipinski definition) is 1. The number of hydrogen-bond acceptors (Lipinski definition) is 8. The van der Waals surface area contributed by atoms with Gasteiger partial charge in [0.1, 0.15) is 11.6 Å². The maximum atomic E-state index is 12.4. The monoisotopic (exact) mass is 428 g/mol. The van der Waals surface area contributed by atoms with Crippen molar-refractivity contribution < 1.29 is 18.5 Å². The molecule has 5 aromatic rings. The molecule has 0 atom stereocenters. The predicted molar refractivity (Wildman–Crippen MR) is 113 cm³/mol. The van der Waals surface area contributed by atoms with E-state index in [-0.39, 0.29) is 5.69 Å². The van der Waals surface area contributed by atoms with Gasteiger partial charge in [0, 0.05) is 30.2 Å². The van der Waals surface area contributed by atoms with Gasteiger partial charge >= 0.3 is 0 Å². The van der Waals surface area contributed by atoms with Crippen molar-refractivity contribution in [1.82, 2.24) is 24.9 Å². The summed E-state index contributed by atoms with van der Waals surface area (Å²) in [7, 11) is 0. The zero-order chi connectivity index (χ0) is 21.9. The summed E-state index contributed by atoms with van der Waals surface area (Å²) >= 11 is 0. The minimum atomic E-state index is -0.406. The highest BCUT2D eigenvalue weighted by Crippen LogP contribution is 2.23. The number of carbonyl (C=O) groups is 1. The molecule has 0 unspecified atom stereocenters. The Labute approximate surface area is 181 Å². The number of ether oxygens (including phenoxy) is 1. The number of anilines is 1. The van der Waals surface area contributed by atoms with Crippen LogP contribution in [0.25, 0.3) is 17.3 Å². The second-order valence-corrected chi connectivity index (χ2v) is 6.71. The Morgan fingerprint density at radius 1 is 1.06 bits per heavy atom. The summed E-state index contributed by atoms with van der Waals surface area (Å²) in [5, 5.41) is 14.8. The molecule has 158 valence electrons. The first kappa shape index (κ1) is 19.2. The van der Waals surface area contributed by atoms with Gasteiger partial charge in [0.2, 0.25) is 11.6 Å². The molecule has 0 aliphatic heterocycles. The normalized spacial score (nSPS) is 10.8. The fourth-order valence-electron chi connectivity index (χ4n) is 2.96. The third-order valence-electron chi connectivity index (χ3n) is 4.54. The Morgan fingerprint density at radius 3 is 2.62 bits per heavy atom. The molecule has 32 heavy (non-hydrogen) atoms. The van der Waals surface area contributed by atoms with Crippen molar-refractivity contribution in [3.05, 3.63) is 84.8 Å². The molecule has 4 heterocycles. The van der Waals surface area contributed by atoms with Gasteiger partial charge in [-0.05, 0) is 49.4 Å². The van der Waals surface area contributed by atoms with Crippen LogP contribution in [0.15, 0.2) is 82.2 Å². The van der Waals surface area contributed by atoms with Crippen molar-refractivity contribution >= 4 is 11.6 Å². The van der Waals surface area contributed by atoms with Crippen LogP contribution in [0, 0.1) is 6.92 Å². The number of imidazole rings is 1. The predicted octanol–water partition coefficient (Wildman–Crippen LogP) is 4.26. The van der Waals surface area contributed by atoms with Gasteiger partial charge in [0.15, 0.2) is 17.3 Å². The lowest BCUT2D eigenvalue weighted by molar-refractivity contribution is 0.101. The Morgan fingerprint density at radius 2 is 1.94 bits per heavy atom. The van der Waals surface area contributed by atoms with E-state index in [0.29, 0.717) is 34.7 Å². The number of nitrogens with zero attached hydrogens (tertiary/aromatic N) is 5. The molecule has 0 saturated carbocycles. The summed E-state index contributed by atoms with van der Waals surface area (Å²) in [5.74, 6) is 2.81. The Kier molecular flexibility index (Phi) is 4.92. The first-order valence-corrected chi connectivity index (χ1v) is 9.60. The number of rotatable bonds is 6. The lowest BCUT2D eigenvalue weighted by atomic mass is 10.2. The molecule has 0 spiro atoms. The van der Waals surface area contributed by atoms with Crippen molar-refractivity contribution in [3.8, 4) is 29.0 Å². The topological polar surface area (TPSA) is 121 Å². The van der Waals surface area contributed by atoms with E-state index in [9.17, 15) is 4.79 Å². The average molecular weight is 428 g/mol. The molecule has 10 nitrogen and oxygen atoms in total. The highest BCUT2D eigenvalue weighted by molar-refractivity contribution is 6.03. The van der Waals surface area contributed by atoms with Crippen LogP contribution in [0.3, 0.4) is 0 Å². The molecule has 4 aromatic heterocycles. The van der Waals surface area contributed by atoms with Crippen LogP contribution >= 0.6 is 0 Å². The van der Waals surface area contributed by atoms with E-state index in [1.807, 2.05) is 17.7 Å². The largest absolute Gasteiger partial charge is 0.461 e. The van der Waals surface area contributed by atoms with E-state index >= 15 is 0 Å². The van der Waals surface area contributed by atoms with Crippen LogP contribution < -0.4 is 10.1 Å². The number of furan rings is 1. The summed E-state index contributed by atoms with van der Waals surface area (Å²) in [5.41, 5.74) is 0.710. The third kappa shape index (κ3) is 3.97. The van der Waals surface area contributed by atoms with Crippen LogP contribution in [0.1, 0.15) is 16.3 Å². The number of benzene rings is 1. The molecule has 5 rings (SSSR count). The van der Waals surface area contributed by atoms with Gasteiger partial charge in [0.25, 0.3) is 5.91 Å². The maximum Gasteiger partial charge on any atom is 0.277 e. The second-order valence-electron chi connectivity index (χ2n) is 6.71. The molecule has 1 N–H and O–H groups in total. The zero-order valence-corrected chi connectivity index (χ0v) is 16.8. The summed E-state index contributed by atoms with van der Waals surface area (Å²) < 4.78 is 17.9.